The number of carbonyl (C=O) groups excluding carboxylic acids is 1. The predicted octanol–water partition coefficient (Wildman–Crippen LogP) is 4.58. The van der Waals surface area contributed by atoms with Gasteiger partial charge in [0.05, 0.1) is 13.0 Å². The largest absolute Gasteiger partial charge is 0.466 e. The van der Waals surface area contributed by atoms with Crippen LogP contribution in [0.25, 0.3) is 0 Å². The molecular weight excluding hydrogens is 319 g/mol. The molecule has 1 aliphatic rings. The number of esters is 1. The lowest BCUT2D eigenvalue weighted by atomic mass is 9.96. The Hall–Kier alpha value is -0.440. The summed E-state index contributed by atoms with van der Waals surface area (Å²) in [5.74, 6) is 0.126. The first-order chi connectivity index (χ1) is 9.39. The van der Waals surface area contributed by atoms with Gasteiger partial charge in [0.1, 0.15) is 0 Å². The molecule has 5 heteroatoms. The summed E-state index contributed by atoms with van der Waals surface area (Å²) in [5.41, 5.74) is 3.50. The van der Waals surface area contributed by atoms with Crippen LogP contribution in [0.4, 0.5) is 0 Å². The summed E-state index contributed by atoms with van der Waals surface area (Å²) in [7, 11) is 0. The van der Waals surface area contributed by atoms with Crippen molar-refractivity contribution in [3.05, 3.63) is 34.9 Å². The standard InChI is InChI=1S/C15H17Cl3O2/c1-2-20-14(19)8-12-5-4-11-7-10(3-6-13(11)12)9-15(16,17)18/h3,6-7,12H,2,4-5,8-9H2,1H3. The predicted molar refractivity (Wildman–Crippen MR) is 82.7 cm³/mol. The number of fused-ring (bicyclic) bond motifs is 1. The maximum absolute atomic E-state index is 11.6. The Balaban J connectivity index is 2.08. The summed E-state index contributed by atoms with van der Waals surface area (Å²) in [4.78, 5) is 11.6. The lowest BCUT2D eigenvalue weighted by molar-refractivity contribution is -0.143. The highest BCUT2D eigenvalue weighted by Gasteiger charge is 2.27. The molecule has 0 bridgehead atoms. The lowest BCUT2D eigenvalue weighted by Gasteiger charge is -2.13. The fourth-order valence-corrected chi connectivity index (χ4v) is 3.20. The molecule has 1 aliphatic carbocycles. The van der Waals surface area contributed by atoms with Crippen molar-refractivity contribution in [2.45, 2.75) is 42.3 Å². The third-order valence-corrected chi connectivity index (χ3v) is 3.93. The summed E-state index contributed by atoms with van der Waals surface area (Å²) in [6, 6.07) is 6.12. The zero-order valence-electron chi connectivity index (χ0n) is 11.3. The normalized spacial score (nSPS) is 17.9. The highest BCUT2D eigenvalue weighted by atomic mass is 35.6. The molecule has 110 valence electrons. The fourth-order valence-electron chi connectivity index (χ4n) is 2.73. The van der Waals surface area contributed by atoms with Crippen molar-refractivity contribution in [3.8, 4) is 0 Å². The topological polar surface area (TPSA) is 26.3 Å². The number of benzene rings is 1. The molecule has 0 spiro atoms. The molecule has 1 aromatic carbocycles. The van der Waals surface area contributed by atoms with Gasteiger partial charge in [0, 0.05) is 6.42 Å². The van der Waals surface area contributed by atoms with Gasteiger partial charge in [0.25, 0.3) is 0 Å². The Morgan fingerprint density at radius 2 is 2.15 bits per heavy atom. The number of alkyl halides is 3. The Kier molecular flexibility index (Phi) is 5.22. The third-order valence-electron chi connectivity index (χ3n) is 3.53. The maximum atomic E-state index is 11.6. The average molecular weight is 336 g/mol. The van der Waals surface area contributed by atoms with Crippen molar-refractivity contribution in [2.24, 2.45) is 0 Å². The van der Waals surface area contributed by atoms with E-state index in [2.05, 4.69) is 12.1 Å². The Bertz CT molecular complexity index is 494. The van der Waals surface area contributed by atoms with Crippen LogP contribution in [0.5, 0.6) is 0 Å². The molecule has 0 amide bonds. The summed E-state index contributed by atoms with van der Waals surface area (Å²) < 4.78 is 3.75. The smallest absolute Gasteiger partial charge is 0.306 e. The second-order valence-corrected chi connectivity index (χ2v) is 7.59. The van der Waals surface area contributed by atoms with Crippen LogP contribution in [0, 0.1) is 0 Å². The maximum Gasteiger partial charge on any atom is 0.306 e. The Morgan fingerprint density at radius 1 is 1.40 bits per heavy atom. The first kappa shape index (κ1) is 15.9. The average Bonchev–Trinajstić information content (AvgIpc) is 2.70. The summed E-state index contributed by atoms with van der Waals surface area (Å²) in [5, 5.41) is 0. The van der Waals surface area contributed by atoms with Crippen molar-refractivity contribution >= 4 is 40.8 Å². The van der Waals surface area contributed by atoms with E-state index in [1.54, 1.807) is 0 Å². The van der Waals surface area contributed by atoms with Crippen molar-refractivity contribution in [2.75, 3.05) is 6.61 Å². The van der Waals surface area contributed by atoms with E-state index in [1.165, 1.54) is 11.1 Å². The van der Waals surface area contributed by atoms with Gasteiger partial charge in [-0.25, -0.2) is 0 Å². The molecule has 0 radical (unpaired) electrons. The van der Waals surface area contributed by atoms with Gasteiger partial charge in [-0.1, -0.05) is 53.0 Å². The minimum Gasteiger partial charge on any atom is -0.466 e. The van der Waals surface area contributed by atoms with Gasteiger partial charge >= 0.3 is 5.97 Å². The second kappa shape index (κ2) is 6.55. The monoisotopic (exact) mass is 334 g/mol. The quantitative estimate of drug-likeness (QED) is 0.594. The molecule has 0 aromatic heterocycles. The van der Waals surface area contributed by atoms with Crippen LogP contribution >= 0.6 is 34.8 Å². The Labute approximate surface area is 134 Å². The number of ether oxygens (including phenoxy) is 1. The van der Waals surface area contributed by atoms with Gasteiger partial charge < -0.3 is 4.74 Å². The molecule has 2 nitrogen and oxygen atoms in total. The molecule has 20 heavy (non-hydrogen) atoms. The molecule has 0 heterocycles. The molecule has 0 aliphatic heterocycles. The van der Waals surface area contributed by atoms with Gasteiger partial charge in [-0.05, 0) is 42.4 Å². The van der Waals surface area contributed by atoms with Gasteiger partial charge in [-0.2, -0.15) is 0 Å². The van der Waals surface area contributed by atoms with Crippen LogP contribution in [-0.2, 0) is 22.4 Å². The first-order valence-corrected chi connectivity index (χ1v) is 7.86. The Morgan fingerprint density at radius 3 is 2.80 bits per heavy atom. The van der Waals surface area contributed by atoms with E-state index < -0.39 is 3.79 Å². The number of rotatable bonds is 4. The number of halogens is 3. The SMILES string of the molecule is CCOC(=O)CC1CCc2cc(CC(Cl)(Cl)Cl)ccc21. The van der Waals surface area contributed by atoms with Crippen LogP contribution in [-0.4, -0.2) is 16.4 Å². The fraction of sp³-hybridized carbons (Fsp3) is 0.533. The molecule has 0 saturated carbocycles. The van der Waals surface area contributed by atoms with Gasteiger partial charge in [-0.15, -0.1) is 0 Å². The van der Waals surface area contributed by atoms with E-state index in [0.717, 1.165) is 18.4 Å². The van der Waals surface area contributed by atoms with Crippen LogP contribution in [0.3, 0.4) is 0 Å². The first-order valence-electron chi connectivity index (χ1n) is 6.73. The van der Waals surface area contributed by atoms with E-state index >= 15 is 0 Å². The molecule has 2 rings (SSSR count). The van der Waals surface area contributed by atoms with E-state index in [4.69, 9.17) is 39.5 Å². The van der Waals surface area contributed by atoms with E-state index in [1.807, 2.05) is 13.0 Å². The zero-order valence-corrected chi connectivity index (χ0v) is 13.6. The third kappa shape index (κ3) is 4.28. The molecule has 0 fully saturated rings. The highest BCUT2D eigenvalue weighted by molar-refractivity contribution is 6.67. The van der Waals surface area contributed by atoms with Crippen LogP contribution in [0.2, 0.25) is 0 Å². The molecule has 1 unspecified atom stereocenters. The van der Waals surface area contributed by atoms with Gasteiger partial charge in [0.2, 0.25) is 0 Å². The van der Waals surface area contributed by atoms with Crippen LogP contribution in [0.15, 0.2) is 18.2 Å². The number of hydrogen-bond donors (Lipinski definition) is 0. The number of aryl methyl sites for hydroxylation is 1. The number of carbonyl (C=O) groups is 1. The van der Waals surface area contributed by atoms with E-state index in [9.17, 15) is 4.79 Å². The summed E-state index contributed by atoms with van der Waals surface area (Å²) >= 11 is 17.5. The van der Waals surface area contributed by atoms with E-state index in [-0.39, 0.29) is 11.9 Å². The van der Waals surface area contributed by atoms with Gasteiger partial charge in [-0.3, -0.25) is 4.79 Å². The van der Waals surface area contributed by atoms with Crippen molar-refractivity contribution < 1.29 is 9.53 Å². The lowest BCUT2D eigenvalue weighted by Crippen LogP contribution is -2.09. The van der Waals surface area contributed by atoms with Crippen molar-refractivity contribution in [1.29, 1.82) is 0 Å². The van der Waals surface area contributed by atoms with Crippen LogP contribution in [0.1, 0.15) is 42.4 Å². The zero-order chi connectivity index (χ0) is 14.8. The van der Waals surface area contributed by atoms with Crippen LogP contribution < -0.4 is 0 Å². The molecule has 1 atom stereocenters. The minimum atomic E-state index is -1.27. The summed E-state index contributed by atoms with van der Waals surface area (Å²) in [6.45, 7) is 2.25. The minimum absolute atomic E-state index is 0.129. The van der Waals surface area contributed by atoms with E-state index in [0.29, 0.717) is 19.4 Å². The highest BCUT2D eigenvalue weighted by Crippen LogP contribution is 2.38. The van der Waals surface area contributed by atoms with Gasteiger partial charge in [0.15, 0.2) is 3.79 Å². The second-order valence-electron chi connectivity index (χ2n) is 5.07. The van der Waals surface area contributed by atoms with Crippen molar-refractivity contribution in [1.82, 2.24) is 0 Å². The number of hydrogen-bond acceptors (Lipinski definition) is 2. The van der Waals surface area contributed by atoms with Crippen molar-refractivity contribution in [3.63, 3.8) is 0 Å². The molecule has 0 saturated heterocycles. The summed E-state index contributed by atoms with van der Waals surface area (Å²) in [6.07, 6.45) is 2.79. The molecule has 0 N–H and O–H groups in total. The molecule has 1 aromatic rings. The molecular formula is C15H17Cl3O2.